The number of rotatable bonds is 10. The van der Waals surface area contributed by atoms with Crippen molar-refractivity contribution in [2.24, 2.45) is 4.99 Å². The number of aromatic nitrogens is 2. The van der Waals surface area contributed by atoms with Crippen molar-refractivity contribution in [2.75, 3.05) is 20.3 Å². The third kappa shape index (κ3) is 6.30. The van der Waals surface area contributed by atoms with Crippen molar-refractivity contribution in [2.45, 2.75) is 25.3 Å². The van der Waals surface area contributed by atoms with Gasteiger partial charge in [0.15, 0.2) is 0 Å². The molecule has 29 heavy (non-hydrogen) atoms. The number of methoxy groups -OCH3 is 1. The van der Waals surface area contributed by atoms with Gasteiger partial charge in [-0.2, -0.15) is 0 Å². The molecule has 0 bridgehead atoms. The molecular weight excluding hydrogens is 402 g/mol. The zero-order chi connectivity index (χ0) is 21.4. The standard InChI is InChI=1S/C19H22ClN3O6/c1-29-8-2-7-23-18(27)15(17(26)22-19(23)28)11-21-10-13(9-16(24)25)12-3-5-14(20)6-4-12/h3-6,11,13,27H,2,7-10H2,1H3,(H,24,25)(H,22,26,28)/t13-/m1/s1. The first-order chi connectivity index (χ1) is 13.8. The summed E-state index contributed by atoms with van der Waals surface area (Å²) in [5.74, 6) is -1.94. The number of ether oxygens (including phenoxy) is 1. The van der Waals surface area contributed by atoms with E-state index in [1.807, 2.05) is 0 Å². The lowest BCUT2D eigenvalue weighted by Crippen LogP contribution is -2.32. The Balaban J connectivity index is 2.25. The van der Waals surface area contributed by atoms with Crippen LogP contribution in [0.2, 0.25) is 5.02 Å². The van der Waals surface area contributed by atoms with Crippen molar-refractivity contribution in [3.8, 4) is 5.88 Å². The summed E-state index contributed by atoms with van der Waals surface area (Å²) in [4.78, 5) is 41.4. The average molecular weight is 424 g/mol. The molecule has 2 aromatic rings. The lowest BCUT2D eigenvalue weighted by molar-refractivity contribution is -0.137. The van der Waals surface area contributed by atoms with Gasteiger partial charge >= 0.3 is 11.7 Å². The SMILES string of the molecule is COCCCn1c(O)c(C=NC[C@@H](CC(=O)O)c2ccc(Cl)cc2)c(=O)[nH]c1=O. The van der Waals surface area contributed by atoms with Gasteiger partial charge in [-0.15, -0.1) is 0 Å². The smallest absolute Gasteiger partial charge is 0.331 e. The summed E-state index contributed by atoms with van der Waals surface area (Å²) in [6.07, 6.45) is 1.44. The third-order valence-electron chi connectivity index (χ3n) is 4.25. The number of benzene rings is 1. The lowest BCUT2D eigenvalue weighted by atomic mass is 9.96. The third-order valence-corrected chi connectivity index (χ3v) is 4.50. The van der Waals surface area contributed by atoms with Crippen LogP contribution in [0, 0.1) is 0 Å². The van der Waals surface area contributed by atoms with Gasteiger partial charge in [0.25, 0.3) is 5.56 Å². The molecule has 1 aromatic heterocycles. The molecule has 0 saturated carbocycles. The van der Waals surface area contributed by atoms with Crippen LogP contribution in [0.1, 0.15) is 29.9 Å². The minimum absolute atomic E-state index is 0.0651. The van der Waals surface area contributed by atoms with Gasteiger partial charge < -0.3 is 14.9 Å². The number of aliphatic carboxylic acids is 1. The summed E-state index contributed by atoms with van der Waals surface area (Å²) in [6.45, 7) is 0.602. The highest BCUT2D eigenvalue weighted by atomic mass is 35.5. The number of H-pyrrole nitrogens is 1. The Kier molecular flexibility index (Phi) is 8.17. The summed E-state index contributed by atoms with van der Waals surface area (Å²) in [7, 11) is 1.52. The van der Waals surface area contributed by atoms with Crippen molar-refractivity contribution in [3.63, 3.8) is 0 Å². The monoisotopic (exact) mass is 423 g/mol. The average Bonchev–Trinajstić information content (AvgIpc) is 2.66. The lowest BCUT2D eigenvalue weighted by Gasteiger charge is -2.13. The molecule has 1 aromatic carbocycles. The van der Waals surface area contributed by atoms with Crippen LogP contribution in [0.5, 0.6) is 5.88 Å². The number of halogens is 1. The Morgan fingerprint density at radius 3 is 2.66 bits per heavy atom. The molecule has 0 aliphatic carbocycles. The quantitative estimate of drug-likeness (QED) is 0.392. The topological polar surface area (TPSA) is 134 Å². The Labute approximate surface area is 171 Å². The number of carboxylic acid groups (broad SMARTS) is 1. The summed E-state index contributed by atoms with van der Waals surface area (Å²) in [5, 5.41) is 20.0. The molecule has 156 valence electrons. The largest absolute Gasteiger partial charge is 0.494 e. The number of aliphatic imine (C=N–C) groups is 1. The molecule has 10 heteroatoms. The number of aromatic hydroxyl groups is 1. The maximum absolute atomic E-state index is 12.1. The van der Waals surface area contributed by atoms with Crippen LogP contribution in [0.3, 0.4) is 0 Å². The highest BCUT2D eigenvalue weighted by molar-refractivity contribution is 6.30. The molecule has 0 fully saturated rings. The maximum atomic E-state index is 12.1. The predicted molar refractivity (Wildman–Crippen MR) is 108 cm³/mol. The van der Waals surface area contributed by atoms with Gasteiger partial charge in [0, 0.05) is 44.0 Å². The van der Waals surface area contributed by atoms with E-state index in [0.29, 0.717) is 18.1 Å². The van der Waals surface area contributed by atoms with Crippen molar-refractivity contribution in [1.82, 2.24) is 9.55 Å². The maximum Gasteiger partial charge on any atom is 0.331 e. The minimum atomic E-state index is -0.993. The summed E-state index contributed by atoms with van der Waals surface area (Å²) >= 11 is 5.87. The number of nitrogens with one attached hydrogen (secondary N) is 1. The van der Waals surface area contributed by atoms with E-state index in [2.05, 4.69) is 9.98 Å². The van der Waals surface area contributed by atoms with E-state index in [1.54, 1.807) is 24.3 Å². The summed E-state index contributed by atoms with van der Waals surface area (Å²) in [5.41, 5.74) is -0.949. The van der Waals surface area contributed by atoms with E-state index in [1.165, 1.54) is 7.11 Å². The number of hydrogen-bond acceptors (Lipinski definition) is 6. The second kappa shape index (κ2) is 10.6. The van der Waals surface area contributed by atoms with Gasteiger partial charge in [0.1, 0.15) is 5.56 Å². The van der Waals surface area contributed by atoms with Crippen molar-refractivity contribution < 1.29 is 19.7 Å². The van der Waals surface area contributed by atoms with E-state index < -0.39 is 29.0 Å². The first kappa shape index (κ1) is 22.4. The van der Waals surface area contributed by atoms with Crippen LogP contribution in [-0.2, 0) is 16.1 Å². The molecular formula is C19H22ClN3O6. The van der Waals surface area contributed by atoms with E-state index in [4.69, 9.17) is 21.4 Å². The zero-order valence-electron chi connectivity index (χ0n) is 15.8. The van der Waals surface area contributed by atoms with Crippen LogP contribution < -0.4 is 11.2 Å². The molecule has 0 unspecified atom stereocenters. The molecule has 1 heterocycles. The number of aromatic amines is 1. The fourth-order valence-electron chi connectivity index (χ4n) is 2.77. The number of hydrogen-bond donors (Lipinski definition) is 3. The van der Waals surface area contributed by atoms with Crippen LogP contribution in [-0.4, -0.2) is 52.2 Å². The van der Waals surface area contributed by atoms with E-state index >= 15 is 0 Å². The number of carboxylic acids is 1. The van der Waals surface area contributed by atoms with Crippen molar-refractivity contribution in [1.29, 1.82) is 0 Å². The van der Waals surface area contributed by atoms with Crippen LogP contribution in [0.4, 0.5) is 0 Å². The fraction of sp³-hybridized carbons (Fsp3) is 0.368. The van der Waals surface area contributed by atoms with Gasteiger partial charge in [-0.25, -0.2) is 4.79 Å². The van der Waals surface area contributed by atoms with Gasteiger partial charge in [0.2, 0.25) is 5.88 Å². The molecule has 9 nitrogen and oxygen atoms in total. The molecule has 0 aliphatic rings. The molecule has 1 atom stereocenters. The van der Waals surface area contributed by atoms with Crippen LogP contribution >= 0.6 is 11.6 Å². The van der Waals surface area contributed by atoms with Crippen molar-refractivity contribution >= 4 is 23.8 Å². The molecule has 0 spiro atoms. The number of carbonyl (C=O) groups is 1. The van der Waals surface area contributed by atoms with E-state index in [9.17, 15) is 19.5 Å². The van der Waals surface area contributed by atoms with Crippen LogP contribution in [0.15, 0.2) is 38.8 Å². The highest BCUT2D eigenvalue weighted by Crippen LogP contribution is 2.22. The second-order valence-electron chi connectivity index (χ2n) is 6.34. The predicted octanol–water partition coefficient (Wildman–Crippen LogP) is 1.61. The molecule has 0 aliphatic heterocycles. The van der Waals surface area contributed by atoms with Gasteiger partial charge in [-0.05, 0) is 24.1 Å². The first-order valence-electron chi connectivity index (χ1n) is 8.85. The Morgan fingerprint density at radius 2 is 2.03 bits per heavy atom. The normalized spacial score (nSPS) is 12.3. The molecule has 0 radical (unpaired) electrons. The fourth-order valence-corrected chi connectivity index (χ4v) is 2.90. The Morgan fingerprint density at radius 1 is 1.34 bits per heavy atom. The van der Waals surface area contributed by atoms with E-state index in [-0.39, 0.29) is 25.1 Å². The number of nitrogens with zero attached hydrogens (tertiary/aromatic N) is 2. The molecule has 0 amide bonds. The minimum Gasteiger partial charge on any atom is -0.494 e. The van der Waals surface area contributed by atoms with Gasteiger partial charge in [0.05, 0.1) is 6.42 Å². The Hall–Kier alpha value is -2.91. The zero-order valence-corrected chi connectivity index (χ0v) is 16.6. The van der Waals surface area contributed by atoms with Gasteiger partial charge in [-0.1, -0.05) is 23.7 Å². The molecule has 3 N–H and O–H groups in total. The molecule has 0 saturated heterocycles. The summed E-state index contributed by atoms with van der Waals surface area (Å²) in [6, 6.07) is 6.74. The van der Waals surface area contributed by atoms with Crippen LogP contribution in [0.25, 0.3) is 0 Å². The van der Waals surface area contributed by atoms with Gasteiger partial charge in [-0.3, -0.25) is 24.1 Å². The molecule has 2 rings (SSSR count). The summed E-state index contributed by atoms with van der Waals surface area (Å²) < 4.78 is 5.94. The Bertz CT molecular complexity index is 981. The van der Waals surface area contributed by atoms with Crippen molar-refractivity contribution in [3.05, 3.63) is 61.3 Å². The highest BCUT2D eigenvalue weighted by Gasteiger charge is 2.16. The second-order valence-corrected chi connectivity index (χ2v) is 6.77. The van der Waals surface area contributed by atoms with E-state index in [0.717, 1.165) is 16.3 Å². The first-order valence-corrected chi connectivity index (χ1v) is 9.23.